The van der Waals surface area contributed by atoms with Crippen molar-refractivity contribution in [2.75, 3.05) is 72.5 Å². The van der Waals surface area contributed by atoms with E-state index in [0.717, 1.165) is 13.0 Å². The summed E-state index contributed by atoms with van der Waals surface area (Å²) in [5, 5.41) is 17.9. The van der Waals surface area contributed by atoms with Gasteiger partial charge in [-0.05, 0) is 32.1 Å². The minimum atomic E-state index is 0.0976. The van der Waals surface area contributed by atoms with Crippen molar-refractivity contribution in [2.45, 2.75) is 96.8 Å². The molecule has 0 fully saturated rings. The Balaban J connectivity index is 3.15. The molecular weight excluding hydrogens is 430 g/mol. The quantitative estimate of drug-likeness (QED) is 0.109. The van der Waals surface area contributed by atoms with Crippen molar-refractivity contribution in [2.24, 2.45) is 0 Å². The smallest absolute Gasteiger partial charge is 0.0701 e. The van der Waals surface area contributed by atoms with Gasteiger partial charge in [-0.15, -0.1) is 0 Å². The summed E-state index contributed by atoms with van der Waals surface area (Å²) in [6, 6.07) is 0. The third kappa shape index (κ3) is 27.7. The number of hydrogen-bond donors (Lipinski definition) is 2. The van der Waals surface area contributed by atoms with Gasteiger partial charge < -0.3 is 24.4 Å². The zero-order valence-electron chi connectivity index (χ0n) is 22.4. The molecular formula is C28H57NO5. The summed E-state index contributed by atoms with van der Waals surface area (Å²) in [5.41, 5.74) is 0. The first-order valence-corrected chi connectivity index (χ1v) is 14.2. The van der Waals surface area contributed by atoms with E-state index >= 15 is 0 Å². The Bertz CT molecular complexity index is 389. The van der Waals surface area contributed by atoms with Gasteiger partial charge in [0.2, 0.25) is 0 Å². The van der Waals surface area contributed by atoms with Gasteiger partial charge in [0.1, 0.15) is 0 Å². The molecule has 2 N–H and O–H groups in total. The average molecular weight is 488 g/mol. The lowest BCUT2D eigenvalue weighted by Gasteiger charge is -2.19. The van der Waals surface area contributed by atoms with Gasteiger partial charge in [-0.1, -0.05) is 76.9 Å². The lowest BCUT2D eigenvalue weighted by molar-refractivity contribution is 0.00865. The molecule has 0 aliphatic carbocycles. The maximum absolute atomic E-state index is 8.96. The van der Waals surface area contributed by atoms with E-state index in [4.69, 9.17) is 24.4 Å². The molecule has 0 rings (SSSR count). The van der Waals surface area contributed by atoms with Gasteiger partial charge in [-0.3, -0.25) is 4.90 Å². The predicted molar refractivity (Wildman–Crippen MR) is 143 cm³/mol. The Kier molecular flexibility index (Phi) is 30.1. The van der Waals surface area contributed by atoms with Crippen LogP contribution in [0.2, 0.25) is 0 Å². The summed E-state index contributed by atoms with van der Waals surface area (Å²) >= 11 is 0. The maximum atomic E-state index is 8.96. The van der Waals surface area contributed by atoms with Gasteiger partial charge in [0, 0.05) is 26.2 Å². The number of unbranched alkanes of at least 4 members (excludes halogenated alkanes) is 12. The average Bonchev–Trinajstić information content (AvgIpc) is 2.84. The molecule has 0 unspecified atom stereocenters. The van der Waals surface area contributed by atoms with Crippen LogP contribution in [-0.2, 0) is 14.2 Å². The number of aliphatic hydroxyl groups excluding tert-OH is 2. The molecule has 0 saturated carbocycles. The lowest BCUT2D eigenvalue weighted by Crippen LogP contribution is -2.33. The van der Waals surface area contributed by atoms with E-state index in [0.29, 0.717) is 52.7 Å². The molecule has 0 aromatic heterocycles. The molecule has 204 valence electrons. The molecule has 0 aromatic carbocycles. The van der Waals surface area contributed by atoms with Gasteiger partial charge in [0.05, 0.1) is 46.2 Å². The number of aliphatic hydroxyl groups is 2. The molecule has 0 radical (unpaired) electrons. The highest BCUT2D eigenvalue weighted by Crippen LogP contribution is 2.10. The molecule has 0 atom stereocenters. The van der Waals surface area contributed by atoms with E-state index in [1.165, 1.54) is 83.5 Å². The predicted octanol–water partition coefficient (Wildman–Crippen LogP) is 5.36. The lowest BCUT2D eigenvalue weighted by atomic mass is 10.1. The van der Waals surface area contributed by atoms with Crippen LogP contribution >= 0.6 is 0 Å². The minimum Gasteiger partial charge on any atom is -0.395 e. The summed E-state index contributed by atoms with van der Waals surface area (Å²) < 4.78 is 16.7. The highest BCUT2D eigenvalue weighted by molar-refractivity contribution is 4.81. The van der Waals surface area contributed by atoms with Crippen LogP contribution in [0.5, 0.6) is 0 Å². The molecule has 34 heavy (non-hydrogen) atoms. The van der Waals surface area contributed by atoms with E-state index in [1.807, 2.05) is 4.90 Å². The van der Waals surface area contributed by atoms with Crippen molar-refractivity contribution in [3.05, 3.63) is 12.2 Å². The van der Waals surface area contributed by atoms with Crippen LogP contribution in [0, 0.1) is 0 Å². The number of ether oxygens (including phenoxy) is 3. The third-order valence-corrected chi connectivity index (χ3v) is 5.93. The molecule has 0 amide bonds. The number of nitrogens with zero attached hydrogens (tertiary/aromatic N) is 1. The molecule has 0 aliphatic rings. The molecule has 0 spiro atoms. The fourth-order valence-corrected chi connectivity index (χ4v) is 3.81. The van der Waals surface area contributed by atoms with E-state index in [-0.39, 0.29) is 13.2 Å². The van der Waals surface area contributed by atoms with Crippen molar-refractivity contribution in [1.82, 2.24) is 4.90 Å². The van der Waals surface area contributed by atoms with Crippen molar-refractivity contribution in [3.63, 3.8) is 0 Å². The van der Waals surface area contributed by atoms with Crippen LogP contribution in [0.3, 0.4) is 0 Å². The first kappa shape index (κ1) is 33.5. The maximum Gasteiger partial charge on any atom is 0.0701 e. The highest BCUT2D eigenvalue weighted by atomic mass is 16.5. The van der Waals surface area contributed by atoms with E-state index < -0.39 is 0 Å². The summed E-state index contributed by atoms with van der Waals surface area (Å²) in [6.45, 7) is 8.09. The third-order valence-electron chi connectivity index (χ3n) is 5.93. The fraction of sp³-hybridized carbons (Fsp3) is 0.929. The first-order valence-electron chi connectivity index (χ1n) is 14.2. The van der Waals surface area contributed by atoms with Crippen molar-refractivity contribution in [1.29, 1.82) is 0 Å². The number of allylic oxidation sites excluding steroid dienone is 2. The van der Waals surface area contributed by atoms with Crippen molar-refractivity contribution in [3.8, 4) is 0 Å². The van der Waals surface area contributed by atoms with Gasteiger partial charge in [-0.25, -0.2) is 0 Å². The van der Waals surface area contributed by atoms with E-state index in [1.54, 1.807) is 0 Å². The van der Waals surface area contributed by atoms with Gasteiger partial charge in [0.25, 0.3) is 0 Å². The summed E-state index contributed by atoms with van der Waals surface area (Å²) in [5.74, 6) is 0. The topological polar surface area (TPSA) is 71.4 Å². The number of hydrogen-bond acceptors (Lipinski definition) is 6. The van der Waals surface area contributed by atoms with Gasteiger partial charge in [-0.2, -0.15) is 0 Å². The van der Waals surface area contributed by atoms with Crippen LogP contribution in [0.15, 0.2) is 12.2 Å². The SMILES string of the molecule is CCCCCCCC/C=C\CCCCCCCCOCCOCCOCCN(CCO)CCO. The standard InChI is InChI=1S/C28H57NO5/c1-2-3-4-5-6-7-8-9-10-11-12-13-14-15-16-17-23-32-25-27-34-28-26-33-24-20-29(18-21-30)19-22-31/h9-10,30-31H,2-8,11-28H2,1H3/b10-9-. The van der Waals surface area contributed by atoms with Crippen molar-refractivity contribution < 1.29 is 24.4 Å². The molecule has 0 heterocycles. The van der Waals surface area contributed by atoms with Crippen LogP contribution in [0.25, 0.3) is 0 Å². The summed E-state index contributed by atoms with van der Waals surface area (Å²) in [6.07, 6.45) is 23.3. The van der Waals surface area contributed by atoms with Gasteiger partial charge in [0.15, 0.2) is 0 Å². The zero-order valence-corrected chi connectivity index (χ0v) is 22.4. The minimum absolute atomic E-state index is 0.0976. The van der Waals surface area contributed by atoms with Crippen molar-refractivity contribution >= 4 is 0 Å². The first-order chi connectivity index (χ1) is 16.8. The molecule has 0 bridgehead atoms. The Morgan fingerprint density at radius 1 is 0.500 bits per heavy atom. The largest absolute Gasteiger partial charge is 0.395 e. The second kappa shape index (κ2) is 30.5. The molecule has 0 aromatic rings. The van der Waals surface area contributed by atoms with Crippen LogP contribution < -0.4 is 0 Å². The zero-order chi connectivity index (χ0) is 24.8. The van der Waals surface area contributed by atoms with Gasteiger partial charge >= 0.3 is 0 Å². The van der Waals surface area contributed by atoms with Crippen LogP contribution in [0.1, 0.15) is 96.8 Å². The highest BCUT2D eigenvalue weighted by Gasteiger charge is 2.02. The fourth-order valence-electron chi connectivity index (χ4n) is 3.81. The Morgan fingerprint density at radius 2 is 0.941 bits per heavy atom. The Labute approximate surface area is 211 Å². The van der Waals surface area contributed by atoms with Crippen LogP contribution in [0.4, 0.5) is 0 Å². The van der Waals surface area contributed by atoms with E-state index in [2.05, 4.69) is 19.1 Å². The monoisotopic (exact) mass is 487 g/mol. The number of rotatable bonds is 29. The summed E-state index contributed by atoms with van der Waals surface area (Å²) in [7, 11) is 0. The second-order valence-electron chi connectivity index (χ2n) is 9.06. The van der Waals surface area contributed by atoms with E-state index in [9.17, 15) is 0 Å². The second-order valence-corrected chi connectivity index (χ2v) is 9.06. The Morgan fingerprint density at radius 3 is 1.47 bits per heavy atom. The normalized spacial score (nSPS) is 11.9. The summed E-state index contributed by atoms with van der Waals surface area (Å²) in [4.78, 5) is 1.98. The molecule has 6 nitrogen and oxygen atoms in total. The molecule has 0 saturated heterocycles. The Hall–Kier alpha value is -0.500. The van der Waals surface area contributed by atoms with Crippen LogP contribution in [-0.4, -0.2) is 87.6 Å². The molecule has 6 heteroatoms. The molecule has 0 aliphatic heterocycles.